The smallest absolute Gasteiger partial charge is 0.410 e. The van der Waals surface area contributed by atoms with E-state index in [1.165, 1.54) is 0 Å². The molecular formula is C18H27NO5. The number of hydrogen-bond acceptors (Lipinski definition) is 5. The zero-order valence-electron chi connectivity index (χ0n) is 15.0. The summed E-state index contributed by atoms with van der Waals surface area (Å²) < 4.78 is 15.9. The average molecular weight is 337 g/mol. The standard InChI is InChI=1S/C18H27NO5/c1-18(2,3)24-17(21)19-9-8-13(14(20)11-19)12-6-7-15(22-4)16(10-12)23-5/h6-7,10,13-14,20H,8-9,11H2,1-5H3. The van der Waals surface area contributed by atoms with E-state index in [0.29, 0.717) is 24.5 Å². The van der Waals surface area contributed by atoms with Gasteiger partial charge in [-0.25, -0.2) is 4.79 Å². The Kier molecular flexibility index (Phi) is 5.59. The van der Waals surface area contributed by atoms with Crippen LogP contribution < -0.4 is 9.47 Å². The molecule has 0 radical (unpaired) electrons. The quantitative estimate of drug-likeness (QED) is 0.918. The van der Waals surface area contributed by atoms with Gasteiger partial charge >= 0.3 is 6.09 Å². The van der Waals surface area contributed by atoms with E-state index in [-0.39, 0.29) is 18.6 Å². The first kappa shape index (κ1) is 18.4. The number of carbonyl (C=O) groups is 1. The number of rotatable bonds is 3. The molecule has 1 aromatic carbocycles. The topological polar surface area (TPSA) is 68.2 Å². The lowest BCUT2D eigenvalue weighted by Gasteiger charge is -2.37. The number of aliphatic hydroxyl groups is 1. The first-order chi connectivity index (χ1) is 11.2. The van der Waals surface area contributed by atoms with Crippen molar-refractivity contribution in [3.8, 4) is 11.5 Å². The molecule has 0 aliphatic carbocycles. The molecule has 1 fully saturated rings. The van der Waals surface area contributed by atoms with Crippen LogP contribution in [0.4, 0.5) is 4.79 Å². The van der Waals surface area contributed by atoms with Gasteiger partial charge in [-0.15, -0.1) is 0 Å². The van der Waals surface area contributed by atoms with E-state index in [1.54, 1.807) is 19.1 Å². The third-order valence-electron chi connectivity index (χ3n) is 4.07. The number of likely N-dealkylation sites (tertiary alicyclic amines) is 1. The van der Waals surface area contributed by atoms with Gasteiger partial charge in [-0.1, -0.05) is 6.07 Å². The molecule has 2 unspecified atom stereocenters. The number of hydrogen-bond donors (Lipinski definition) is 1. The third kappa shape index (κ3) is 4.32. The van der Waals surface area contributed by atoms with Crippen molar-refractivity contribution in [3.63, 3.8) is 0 Å². The Hall–Kier alpha value is -1.95. The summed E-state index contributed by atoms with van der Waals surface area (Å²) in [6.45, 7) is 6.30. The van der Waals surface area contributed by atoms with Crippen molar-refractivity contribution in [2.45, 2.75) is 44.8 Å². The zero-order valence-corrected chi connectivity index (χ0v) is 15.0. The number of methoxy groups -OCH3 is 2. The van der Waals surface area contributed by atoms with Crippen LogP contribution in [0.2, 0.25) is 0 Å². The fourth-order valence-electron chi connectivity index (χ4n) is 2.90. The maximum absolute atomic E-state index is 12.1. The second-order valence-corrected chi connectivity index (χ2v) is 7.00. The monoisotopic (exact) mass is 337 g/mol. The number of nitrogens with zero attached hydrogens (tertiary/aromatic N) is 1. The van der Waals surface area contributed by atoms with E-state index in [4.69, 9.17) is 14.2 Å². The molecule has 1 amide bonds. The van der Waals surface area contributed by atoms with Crippen LogP contribution in [0.1, 0.15) is 38.7 Å². The van der Waals surface area contributed by atoms with E-state index in [2.05, 4.69) is 0 Å². The largest absolute Gasteiger partial charge is 0.493 e. The highest BCUT2D eigenvalue weighted by atomic mass is 16.6. The highest BCUT2D eigenvalue weighted by Gasteiger charge is 2.33. The molecule has 0 saturated carbocycles. The fourth-order valence-corrected chi connectivity index (χ4v) is 2.90. The number of carbonyl (C=O) groups excluding carboxylic acids is 1. The Labute approximate surface area is 143 Å². The van der Waals surface area contributed by atoms with Gasteiger partial charge in [0.1, 0.15) is 5.60 Å². The normalized spacial score (nSPS) is 21.3. The van der Waals surface area contributed by atoms with Gasteiger partial charge in [0.15, 0.2) is 11.5 Å². The lowest BCUT2D eigenvalue weighted by Crippen LogP contribution is -2.47. The van der Waals surface area contributed by atoms with Crippen molar-refractivity contribution < 1.29 is 24.1 Å². The summed E-state index contributed by atoms with van der Waals surface area (Å²) in [6, 6.07) is 5.65. The summed E-state index contributed by atoms with van der Waals surface area (Å²) in [6.07, 6.45) is -0.368. The van der Waals surface area contributed by atoms with E-state index in [1.807, 2.05) is 39.0 Å². The van der Waals surface area contributed by atoms with Crippen LogP contribution in [0, 0.1) is 0 Å². The van der Waals surface area contributed by atoms with Crippen molar-refractivity contribution in [2.75, 3.05) is 27.3 Å². The zero-order chi connectivity index (χ0) is 17.9. The van der Waals surface area contributed by atoms with Gasteiger partial charge in [-0.2, -0.15) is 0 Å². The van der Waals surface area contributed by atoms with Gasteiger partial charge in [0, 0.05) is 12.5 Å². The number of aliphatic hydroxyl groups excluding tert-OH is 1. The van der Waals surface area contributed by atoms with Gasteiger partial charge in [-0.3, -0.25) is 0 Å². The number of ether oxygens (including phenoxy) is 3. The second kappa shape index (κ2) is 7.30. The molecule has 1 aromatic rings. The highest BCUT2D eigenvalue weighted by Crippen LogP contribution is 2.35. The predicted octanol–water partition coefficient (Wildman–Crippen LogP) is 2.79. The lowest BCUT2D eigenvalue weighted by atomic mass is 9.87. The predicted molar refractivity (Wildman–Crippen MR) is 90.7 cm³/mol. The van der Waals surface area contributed by atoms with Gasteiger partial charge < -0.3 is 24.2 Å². The molecule has 2 rings (SSSR count). The van der Waals surface area contributed by atoms with Crippen LogP contribution in [0.25, 0.3) is 0 Å². The average Bonchev–Trinajstić information content (AvgIpc) is 2.52. The molecule has 0 aromatic heterocycles. The van der Waals surface area contributed by atoms with E-state index in [9.17, 15) is 9.90 Å². The van der Waals surface area contributed by atoms with Gasteiger partial charge in [0.25, 0.3) is 0 Å². The van der Waals surface area contributed by atoms with Crippen molar-refractivity contribution >= 4 is 6.09 Å². The Morgan fingerprint density at radius 2 is 1.88 bits per heavy atom. The van der Waals surface area contributed by atoms with Crippen LogP contribution in [0.5, 0.6) is 11.5 Å². The Balaban J connectivity index is 2.07. The summed E-state index contributed by atoms with van der Waals surface area (Å²) >= 11 is 0. The second-order valence-electron chi connectivity index (χ2n) is 7.00. The molecule has 1 aliphatic heterocycles. The number of piperidine rings is 1. The van der Waals surface area contributed by atoms with E-state index < -0.39 is 11.7 Å². The van der Waals surface area contributed by atoms with Crippen molar-refractivity contribution in [1.29, 1.82) is 0 Å². The lowest BCUT2D eigenvalue weighted by molar-refractivity contribution is -0.00154. The summed E-state index contributed by atoms with van der Waals surface area (Å²) in [7, 11) is 3.18. The molecule has 24 heavy (non-hydrogen) atoms. The number of amides is 1. The van der Waals surface area contributed by atoms with Crippen LogP contribution >= 0.6 is 0 Å². The Bertz CT molecular complexity index is 581. The summed E-state index contributed by atoms with van der Waals surface area (Å²) in [5, 5.41) is 10.5. The SMILES string of the molecule is COc1ccc(C2CCN(C(=O)OC(C)(C)C)CC2O)cc1OC. The minimum atomic E-state index is -0.649. The van der Waals surface area contributed by atoms with E-state index in [0.717, 1.165) is 5.56 Å². The molecule has 1 aliphatic rings. The molecule has 0 spiro atoms. The van der Waals surface area contributed by atoms with Crippen LogP contribution in [-0.2, 0) is 4.74 Å². The van der Waals surface area contributed by atoms with Crippen molar-refractivity contribution in [3.05, 3.63) is 23.8 Å². The molecule has 6 heteroatoms. The summed E-state index contributed by atoms with van der Waals surface area (Å²) in [4.78, 5) is 13.7. The van der Waals surface area contributed by atoms with Crippen molar-refractivity contribution in [1.82, 2.24) is 4.90 Å². The molecule has 6 nitrogen and oxygen atoms in total. The van der Waals surface area contributed by atoms with Crippen LogP contribution in [0.15, 0.2) is 18.2 Å². The van der Waals surface area contributed by atoms with Crippen LogP contribution in [0.3, 0.4) is 0 Å². The molecule has 134 valence electrons. The fraction of sp³-hybridized carbons (Fsp3) is 0.611. The Morgan fingerprint density at radius 3 is 2.42 bits per heavy atom. The van der Waals surface area contributed by atoms with Gasteiger partial charge in [-0.05, 0) is 44.9 Å². The minimum absolute atomic E-state index is 0.0523. The van der Waals surface area contributed by atoms with Crippen molar-refractivity contribution in [2.24, 2.45) is 0 Å². The first-order valence-electron chi connectivity index (χ1n) is 8.13. The summed E-state index contributed by atoms with van der Waals surface area (Å²) in [5.74, 6) is 1.24. The molecule has 1 heterocycles. The molecule has 1 N–H and O–H groups in total. The molecular weight excluding hydrogens is 310 g/mol. The maximum Gasteiger partial charge on any atom is 0.410 e. The Morgan fingerprint density at radius 1 is 1.21 bits per heavy atom. The van der Waals surface area contributed by atoms with Gasteiger partial charge in [0.2, 0.25) is 0 Å². The molecule has 1 saturated heterocycles. The van der Waals surface area contributed by atoms with Crippen LogP contribution in [-0.4, -0.2) is 55.1 Å². The third-order valence-corrected chi connectivity index (χ3v) is 4.07. The van der Waals surface area contributed by atoms with E-state index >= 15 is 0 Å². The number of benzene rings is 1. The summed E-state index contributed by atoms with van der Waals surface area (Å²) in [5.41, 5.74) is 0.436. The molecule has 0 bridgehead atoms. The first-order valence-corrected chi connectivity index (χ1v) is 8.13. The van der Waals surface area contributed by atoms with Gasteiger partial charge in [0.05, 0.1) is 26.9 Å². The highest BCUT2D eigenvalue weighted by molar-refractivity contribution is 5.68. The maximum atomic E-state index is 12.1. The molecule has 2 atom stereocenters. The number of β-amino-alcohol motifs (C(OH)–C–C–N with tert-alkyl or cyclic N) is 1. The minimum Gasteiger partial charge on any atom is -0.493 e.